The molecule has 1 aromatic carbocycles. The third kappa shape index (κ3) is 6.19. The number of carbonyl (C=O) groups is 4. The lowest BCUT2D eigenvalue weighted by Crippen LogP contribution is -2.42. The molecule has 0 bridgehead atoms. The Bertz CT molecular complexity index is 741. The van der Waals surface area contributed by atoms with E-state index >= 15 is 0 Å². The molecule has 1 heterocycles. The van der Waals surface area contributed by atoms with Crippen LogP contribution in [0.1, 0.15) is 25.6 Å². The first kappa shape index (κ1) is 18.3. The molecule has 2 rings (SSSR count). The molecular formula is C17H16N2O5S. The van der Waals surface area contributed by atoms with Crippen LogP contribution in [0.2, 0.25) is 0 Å². The van der Waals surface area contributed by atoms with Crippen LogP contribution in [0.5, 0.6) is 0 Å². The summed E-state index contributed by atoms with van der Waals surface area (Å²) in [4.78, 5) is 46.6. The Kier molecular flexibility index (Phi) is 6.85. The first-order chi connectivity index (χ1) is 12.1. The average molecular weight is 360 g/mol. The minimum Gasteiger partial charge on any atom is -0.452 e. The standard InChI is InChI=1S/C17H16N2O5S/c20-10-12-3-5-13(6-4-12)16(22)24-11-15(21)19-17(23)18-8-7-14-2-1-9-25-14/h1-6,9-10H,7-8,11H2,(H2,18,19,21,23). The molecule has 130 valence electrons. The molecule has 0 aliphatic carbocycles. The van der Waals surface area contributed by atoms with Crippen LogP contribution in [-0.4, -0.2) is 37.3 Å². The zero-order chi connectivity index (χ0) is 18.1. The highest BCUT2D eigenvalue weighted by Crippen LogP contribution is 2.08. The summed E-state index contributed by atoms with van der Waals surface area (Å²) in [6, 6.07) is 8.99. The van der Waals surface area contributed by atoms with Crippen molar-refractivity contribution in [3.8, 4) is 0 Å². The molecule has 8 heteroatoms. The van der Waals surface area contributed by atoms with Gasteiger partial charge in [-0.25, -0.2) is 9.59 Å². The summed E-state index contributed by atoms with van der Waals surface area (Å²) in [5.41, 5.74) is 0.632. The van der Waals surface area contributed by atoms with E-state index in [0.717, 1.165) is 4.88 Å². The van der Waals surface area contributed by atoms with Gasteiger partial charge in [0.25, 0.3) is 5.91 Å². The normalized spacial score (nSPS) is 9.92. The Morgan fingerprint density at radius 2 is 1.88 bits per heavy atom. The van der Waals surface area contributed by atoms with Crippen molar-refractivity contribution in [3.63, 3.8) is 0 Å². The molecule has 0 spiro atoms. The van der Waals surface area contributed by atoms with Crippen LogP contribution in [0.15, 0.2) is 41.8 Å². The number of carbonyl (C=O) groups excluding carboxylic acids is 4. The van der Waals surface area contributed by atoms with Gasteiger partial charge in [-0.15, -0.1) is 11.3 Å². The molecule has 0 radical (unpaired) electrons. The summed E-state index contributed by atoms with van der Waals surface area (Å²) in [5, 5.41) is 6.57. The van der Waals surface area contributed by atoms with E-state index in [0.29, 0.717) is 24.8 Å². The van der Waals surface area contributed by atoms with Gasteiger partial charge in [-0.1, -0.05) is 18.2 Å². The topological polar surface area (TPSA) is 102 Å². The predicted octanol–water partition coefficient (Wildman–Crippen LogP) is 1.79. The van der Waals surface area contributed by atoms with E-state index in [4.69, 9.17) is 4.74 Å². The fraction of sp³-hybridized carbons (Fsp3) is 0.176. The molecule has 3 amide bonds. The summed E-state index contributed by atoms with van der Waals surface area (Å²) in [7, 11) is 0. The largest absolute Gasteiger partial charge is 0.452 e. The van der Waals surface area contributed by atoms with E-state index in [1.54, 1.807) is 11.3 Å². The zero-order valence-electron chi connectivity index (χ0n) is 13.2. The molecule has 1 aromatic heterocycles. The van der Waals surface area contributed by atoms with Crippen LogP contribution in [0, 0.1) is 0 Å². The molecule has 7 nitrogen and oxygen atoms in total. The van der Waals surface area contributed by atoms with Gasteiger partial charge in [-0.3, -0.25) is 14.9 Å². The maximum atomic E-state index is 11.7. The van der Waals surface area contributed by atoms with E-state index in [2.05, 4.69) is 10.6 Å². The number of rotatable bonds is 7. The van der Waals surface area contributed by atoms with Gasteiger partial charge in [0.15, 0.2) is 6.61 Å². The second kappa shape index (κ2) is 9.33. The van der Waals surface area contributed by atoms with Gasteiger partial charge in [0.2, 0.25) is 0 Å². The van der Waals surface area contributed by atoms with Crippen molar-refractivity contribution in [3.05, 3.63) is 57.8 Å². The second-order valence-corrected chi connectivity index (χ2v) is 5.98. The lowest BCUT2D eigenvalue weighted by molar-refractivity contribution is -0.123. The maximum absolute atomic E-state index is 11.7. The Labute approximate surface area is 148 Å². The minimum atomic E-state index is -0.730. The highest BCUT2D eigenvalue weighted by Gasteiger charge is 2.12. The van der Waals surface area contributed by atoms with Crippen molar-refractivity contribution in [2.24, 2.45) is 0 Å². The molecule has 0 unspecified atom stereocenters. The van der Waals surface area contributed by atoms with Gasteiger partial charge in [-0.2, -0.15) is 0 Å². The Morgan fingerprint density at radius 1 is 1.12 bits per heavy atom. The number of nitrogens with one attached hydrogen (secondary N) is 2. The maximum Gasteiger partial charge on any atom is 0.338 e. The molecule has 0 saturated heterocycles. The van der Waals surface area contributed by atoms with Crippen molar-refractivity contribution in [1.82, 2.24) is 10.6 Å². The van der Waals surface area contributed by atoms with Crippen molar-refractivity contribution < 1.29 is 23.9 Å². The summed E-state index contributed by atoms with van der Waals surface area (Å²) in [6.07, 6.45) is 1.32. The Morgan fingerprint density at radius 3 is 2.52 bits per heavy atom. The van der Waals surface area contributed by atoms with Crippen LogP contribution in [0.25, 0.3) is 0 Å². The molecular weight excluding hydrogens is 344 g/mol. The van der Waals surface area contributed by atoms with Crippen LogP contribution in [0.3, 0.4) is 0 Å². The van der Waals surface area contributed by atoms with Gasteiger partial charge >= 0.3 is 12.0 Å². The summed E-state index contributed by atoms with van der Waals surface area (Å²) in [5.74, 6) is -1.45. The number of imide groups is 1. The second-order valence-electron chi connectivity index (χ2n) is 4.95. The smallest absolute Gasteiger partial charge is 0.338 e. The van der Waals surface area contributed by atoms with Gasteiger partial charge in [-0.05, 0) is 30.0 Å². The summed E-state index contributed by atoms with van der Waals surface area (Å²) < 4.78 is 4.81. The van der Waals surface area contributed by atoms with Crippen LogP contribution < -0.4 is 10.6 Å². The van der Waals surface area contributed by atoms with E-state index in [9.17, 15) is 19.2 Å². The van der Waals surface area contributed by atoms with Crippen molar-refractivity contribution in [2.75, 3.05) is 13.2 Å². The van der Waals surface area contributed by atoms with E-state index in [-0.39, 0.29) is 5.56 Å². The highest BCUT2D eigenvalue weighted by molar-refractivity contribution is 7.09. The number of amides is 3. The molecule has 2 N–H and O–H groups in total. The van der Waals surface area contributed by atoms with Crippen molar-refractivity contribution in [1.29, 1.82) is 0 Å². The lowest BCUT2D eigenvalue weighted by Gasteiger charge is -2.07. The van der Waals surface area contributed by atoms with Crippen molar-refractivity contribution in [2.45, 2.75) is 6.42 Å². The van der Waals surface area contributed by atoms with Gasteiger partial charge < -0.3 is 10.1 Å². The average Bonchev–Trinajstić information content (AvgIpc) is 3.13. The van der Waals surface area contributed by atoms with Crippen LogP contribution >= 0.6 is 11.3 Å². The number of aldehydes is 1. The first-order valence-corrected chi connectivity index (χ1v) is 8.29. The fourth-order valence-corrected chi connectivity index (χ4v) is 2.58. The third-order valence-corrected chi connectivity index (χ3v) is 4.04. The zero-order valence-corrected chi connectivity index (χ0v) is 14.0. The quantitative estimate of drug-likeness (QED) is 0.579. The number of hydrogen-bond acceptors (Lipinski definition) is 6. The Balaban J connectivity index is 1.67. The lowest BCUT2D eigenvalue weighted by atomic mass is 10.1. The molecule has 2 aromatic rings. The van der Waals surface area contributed by atoms with Crippen LogP contribution in [0.4, 0.5) is 4.79 Å². The molecule has 0 atom stereocenters. The van der Waals surface area contributed by atoms with E-state index in [1.165, 1.54) is 24.3 Å². The SMILES string of the molecule is O=Cc1ccc(C(=O)OCC(=O)NC(=O)NCCc2cccs2)cc1. The number of urea groups is 1. The molecule has 0 saturated carbocycles. The molecule has 0 aliphatic rings. The van der Waals surface area contributed by atoms with E-state index < -0.39 is 24.5 Å². The number of hydrogen-bond donors (Lipinski definition) is 2. The Hall–Kier alpha value is -3.00. The monoisotopic (exact) mass is 360 g/mol. The minimum absolute atomic E-state index is 0.207. The van der Waals surface area contributed by atoms with Crippen molar-refractivity contribution >= 4 is 35.5 Å². The van der Waals surface area contributed by atoms with Crippen LogP contribution in [-0.2, 0) is 16.0 Å². The number of thiophene rings is 1. The van der Waals surface area contributed by atoms with Gasteiger partial charge in [0.05, 0.1) is 5.56 Å². The van der Waals surface area contributed by atoms with Gasteiger partial charge in [0.1, 0.15) is 6.29 Å². The first-order valence-electron chi connectivity index (χ1n) is 7.41. The molecule has 0 fully saturated rings. The number of esters is 1. The fourth-order valence-electron chi connectivity index (χ4n) is 1.87. The summed E-state index contributed by atoms with van der Waals surface area (Å²) >= 11 is 1.58. The molecule has 0 aliphatic heterocycles. The third-order valence-electron chi connectivity index (χ3n) is 3.11. The number of benzene rings is 1. The highest BCUT2D eigenvalue weighted by atomic mass is 32.1. The number of ether oxygens (including phenoxy) is 1. The summed E-state index contributed by atoms with van der Waals surface area (Å²) in [6.45, 7) is -0.185. The predicted molar refractivity (Wildman–Crippen MR) is 91.7 cm³/mol. The van der Waals surface area contributed by atoms with E-state index in [1.807, 2.05) is 17.5 Å². The van der Waals surface area contributed by atoms with Gasteiger partial charge in [0, 0.05) is 17.0 Å². The molecule has 25 heavy (non-hydrogen) atoms.